The van der Waals surface area contributed by atoms with Crippen LogP contribution in [0.5, 0.6) is 5.75 Å². The molecule has 0 spiro atoms. The lowest BCUT2D eigenvalue weighted by atomic mass is 9.74. The highest BCUT2D eigenvalue weighted by Gasteiger charge is 2.34. The summed E-state index contributed by atoms with van der Waals surface area (Å²) in [7, 11) is 1.62. The summed E-state index contributed by atoms with van der Waals surface area (Å²) in [6.45, 7) is 3.16. The Morgan fingerprint density at radius 2 is 1.94 bits per heavy atom. The predicted molar refractivity (Wildman–Crippen MR) is 135 cm³/mol. The van der Waals surface area contributed by atoms with Gasteiger partial charge in [-0.2, -0.15) is 0 Å². The molecule has 2 N–H and O–H groups in total. The average molecular weight is 484 g/mol. The minimum absolute atomic E-state index is 0.142. The van der Waals surface area contributed by atoms with E-state index >= 15 is 0 Å². The number of piperidine rings is 1. The molecule has 0 bridgehead atoms. The molecular weight excluding hydrogens is 450 g/mol. The number of aryl methyl sites for hydroxylation is 1. The number of methoxy groups -OCH3 is 1. The second kappa shape index (κ2) is 11.5. The number of hydrogen-bond acceptors (Lipinski definition) is 6. The van der Waals surface area contributed by atoms with E-state index in [1.807, 2.05) is 30.6 Å². The number of aliphatic hydroxyl groups excluding tert-OH is 2. The number of halogens is 1. The van der Waals surface area contributed by atoms with Crippen LogP contribution >= 0.6 is 11.6 Å². The van der Waals surface area contributed by atoms with Gasteiger partial charge in [0.25, 0.3) is 0 Å². The van der Waals surface area contributed by atoms with Gasteiger partial charge in [0.05, 0.1) is 23.8 Å². The van der Waals surface area contributed by atoms with Crippen LogP contribution in [0.25, 0.3) is 10.9 Å². The number of aromatic nitrogens is 2. The Hall–Kier alpha value is -2.25. The third kappa shape index (κ3) is 5.87. The molecule has 2 aromatic heterocycles. The molecule has 1 fully saturated rings. The predicted octanol–water partition coefficient (Wildman–Crippen LogP) is 4.81. The van der Waals surface area contributed by atoms with Crippen molar-refractivity contribution in [3.63, 3.8) is 0 Å². The molecule has 182 valence electrons. The second-order valence-electron chi connectivity index (χ2n) is 9.42. The van der Waals surface area contributed by atoms with E-state index in [-0.39, 0.29) is 12.0 Å². The first-order valence-corrected chi connectivity index (χ1v) is 12.4. The number of aliphatic hydroxyl groups is 2. The van der Waals surface area contributed by atoms with Gasteiger partial charge in [-0.3, -0.25) is 9.97 Å². The van der Waals surface area contributed by atoms with E-state index in [1.165, 1.54) is 5.56 Å². The first kappa shape index (κ1) is 24.9. The largest absolute Gasteiger partial charge is 0.497 e. The van der Waals surface area contributed by atoms with Crippen molar-refractivity contribution in [3.05, 3.63) is 65.1 Å². The molecule has 0 unspecified atom stereocenters. The molecular formula is C27H34ClN3O3. The molecule has 1 aromatic carbocycles. The fourth-order valence-electron chi connectivity index (χ4n) is 5.02. The van der Waals surface area contributed by atoms with Gasteiger partial charge < -0.3 is 19.8 Å². The summed E-state index contributed by atoms with van der Waals surface area (Å²) in [5.74, 6) is 0.702. The number of pyridine rings is 2. The summed E-state index contributed by atoms with van der Waals surface area (Å²) >= 11 is 6.47. The molecule has 3 heterocycles. The maximum Gasteiger partial charge on any atom is 0.119 e. The number of fused-ring (bicyclic) bond motifs is 1. The van der Waals surface area contributed by atoms with E-state index in [0.29, 0.717) is 22.8 Å². The molecule has 1 aliphatic heterocycles. The van der Waals surface area contributed by atoms with E-state index in [4.69, 9.17) is 16.3 Å². The van der Waals surface area contributed by atoms with Crippen LogP contribution in [-0.2, 0) is 6.42 Å². The molecule has 7 heteroatoms. The van der Waals surface area contributed by atoms with Crippen molar-refractivity contribution in [2.45, 2.75) is 44.6 Å². The summed E-state index contributed by atoms with van der Waals surface area (Å²) in [5.41, 5.74) is 2.63. The lowest BCUT2D eigenvalue weighted by molar-refractivity contribution is 0.0234. The molecule has 0 aliphatic carbocycles. The van der Waals surface area contributed by atoms with Gasteiger partial charge in [0.1, 0.15) is 5.75 Å². The standard InChI is InChI=1S/C27H34ClN3O3/c1-34-21-4-5-24-22(17-21)26(23(28)18-30-24)25(33)6-9-27(19-32)10-15-31(16-11-27)14-2-3-20-7-12-29-13-8-20/h4-5,7-8,12-13,17-18,25,32-33H,2-3,6,9-11,14-16,19H2,1H3/t25-/m0/s1. The number of hydrogen-bond donors (Lipinski definition) is 2. The smallest absolute Gasteiger partial charge is 0.119 e. The molecule has 34 heavy (non-hydrogen) atoms. The van der Waals surface area contributed by atoms with Gasteiger partial charge >= 0.3 is 0 Å². The average Bonchev–Trinajstić information content (AvgIpc) is 2.88. The maximum absolute atomic E-state index is 11.1. The fraction of sp³-hybridized carbons (Fsp3) is 0.481. The van der Waals surface area contributed by atoms with Crippen molar-refractivity contribution in [3.8, 4) is 5.75 Å². The molecule has 1 saturated heterocycles. The molecule has 0 amide bonds. The van der Waals surface area contributed by atoms with Crippen molar-refractivity contribution in [2.24, 2.45) is 5.41 Å². The van der Waals surface area contributed by atoms with Crippen molar-refractivity contribution < 1.29 is 14.9 Å². The molecule has 4 rings (SSSR count). The Kier molecular flexibility index (Phi) is 8.37. The van der Waals surface area contributed by atoms with Crippen LogP contribution in [0.4, 0.5) is 0 Å². The van der Waals surface area contributed by atoms with Crippen LogP contribution < -0.4 is 4.74 Å². The summed E-state index contributed by atoms with van der Waals surface area (Å²) in [5, 5.41) is 22.7. The van der Waals surface area contributed by atoms with E-state index in [2.05, 4.69) is 27.0 Å². The summed E-state index contributed by atoms with van der Waals surface area (Å²) in [6, 6.07) is 9.75. The molecule has 1 aliphatic rings. The SMILES string of the molecule is COc1ccc2ncc(Cl)c([C@@H](O)CCC3(CO)CCN(CCCc4ccncc4)CC3)c2c1. The summed E-state index contributed by atoms with van der Waals surface area (Å²) < 4.78 is 5.36. The molecule has 1 atom stereocenters. The van der Waals surface area contributed by atoms with Crippen LogP contribution in [0.1, 0.15) is 49.3 Å². The first-order chi connectivity index (χ1) is 16.5. The normalized spacial score (nSPS) is 17.1. The molecule has 0 radical (unpaired) electrons. The maximum atomic E-state index is 11.1. The van der Waals surface area contributed by atoms with Crippen molar-refractivity contribution in [2.75, 3.05) is 33.4 Å². The van der Waals surface area contributed by atoms with Gasteiger partial charge in [0, 0.05) is 36.1 Å². The quantitative estimate of drug-likeness (QED) is 0.430. The highest BCUT2D eigenvalue weighted by atomic mass is 35.5. The van der Waals surface area contributed by atoms with Gasteiger partial charge in [0.2, 0.25) is 0 Å². The number of rotatable bonds is 10. The Morgan fingerprint density at radius 3 is 2.65 bits per heavy atom. The highest BCUT2D eigenvalue weighted by Crippen LogP contribution is 2.40. The van der Waals surface area contributed by atoms with Gasteiger partial charge in [-0.05, 0) is 99.5 Å². The lowest BCUT2D eigenvalue weighted by Gasteiger charge is -2.41. The van der Waals surface area contributed by atoms with Crippen LogP contribution in [0.3, 0.4) is 0 Å². The van der Waals surface area contributed by atoms with Crippen LogP contribution in [0.15, 0.2) is 48.9 Å². The zero-order valence-corrected chi connectivity index (χ0v) is 20.5. The Bertz CT molecular complexity index is 1070. The van der Waals surface area contributed by atoms with Crippen LogP contribution in [0.2, 0.25) is 5.02 Å². The topological polar surface area (TPSA) is 78.7 Å². The van der Waals surface area contributed by atoms with E-state index in [1.54, 1.807) is 13.3 Å². The molecule has 6 nitrogen and oxygen atoms in total. The summed E-state index contributed by atoms with van der Waals surface area (Å²) in [4.78, 5) is 11.0. The van der Waals surface area contributed by atoms with E-state index in [0.717, 1.165) is 62.6 Å². The van der Waals surface area contributed by atoms with Gasteiger partial charge in [-0.15, -0.1) is 0 Å². The van der Waals surface area contributed by atoms with Crippen molar-refractivity contribution in [1.82, 2.24) is 14.9 Å². The monoisotopic (exact) mass is 483 g/mol. The van der Waals surface area contributed by atoms with Gasteiger partial charge in [0.15, 0.2) is 0 Å². The second-order valence-corrected chi connectivity index (χ2v) is 9.82. The third-order valence-corrected chi connectivity index (χ3v) is 7.59. The third-order valence-electron chi connectivity index (χ3n) is 7.29. The summed E-state index contributed by atoms with van der Waals surface area (Å²) in [6.07, 6.45) is 9.89. The van der Waals surface area contributed by atoms with E-state index < -0.39 is 6.10 Å². The van der Waals surface area contributed by atoms with E-state index in [9.17, 15) is 10.2 Å². The zero-order valence-electron chi connectivity index (χ0n) is 19.8. The molecule has 3 aromatic rings. The number of ether oxygens (including phenoxy) is 1. The fourth-order valence-corrected chi connectivity index (χ4v) is 5.29. The number of nitrogens with zero attached hydrogens (tertiary/aromatic N) is 3. The van der Waals surface area contributed by atoms with Crippen LogP contribution in [-0.4, -0.2) is 58.4 Å². The lowest BCUT2D eigenvalue weighted by Crippen LogP contribution is -2.42. The van der Waals surface area contributed by atoms with Gasteiger partial charge in [-0.25, -0.2) is 0 Å². The minimum atomic E-state index is -0.730. The minimum Gasteiger partial charge on any atom is -0.497 e. The Morgan fingerprint density at radius 1 is 1.18 bits per heavy atom. The van der Waals surface area contributed by atoms with Crippen LogP contribution in [0, 0.1) is 5.41 Å². The van der Waals surface area contributed by atoms with Crippen molar-refractivity contribution in [1.29, 1.82) is 0 Å². The van der Waals surface area contributed by atoms with Crippen molar-refractivity contribution >= 4 is 22.5 Å². The Balaban J connectivity index is 1.34. The number of benzene rings is 1. The zero-order chi connectivity index (χ0) is 24.0. The highest BCUT2D eigenvalue weighted by molar-refractivity contribution is 6.32. The number of likely N-dealkylation sites (tertiary alicyclic amines) is 1. The van der Waals surface area contributed by atoms with Gasteiger partial charge in [-0.1, -0.05) is 11.6 Å². The first-order valence-electron chi connectivity index (χ1n) is 12.1. The Labute approximate surface area is 206 Å². The molecule has 0 saturated carbocycles.